The summed E-state index contributed by atoms with van der Waals surface area (Å²) in [5.74, 6) is 0.206. The Morgan fingerprint density at radius 1 is 1.06 bits per heavy atom. The second kappa shape index (κ2) is 10.5. The summed E-state index contributed by atoms with van der Waals surface area (Å²) in [6, 6.07) is 10.7. The number of nitrogens with one attached hydrogen (secondary N) is 1. The highest BCUT2D eigenvalue weighted by Crippen LogP contribution is 2.44. The van der Waals surface area contributed by atoms with Crippen LogP contribution in [-0.2, 0) is 19.0 Å². The predicted molar refractivity (Wildman–Crippen MR) is 140 cm³/mol. The molecule has 0 heterocycles. The van der Waals surface area contributed by atoms with Crippen molar-refractivity contribution in [2.24, 2.45) is 0 Å². The molecule has 0 spiro atoms. The number of rotatable bonds is 7. The van der Waals surface area contributed by atoms with Crippen molar-refractivity contribution in [2.75, 3.05) is 5.32 Å². The Balaban J connectivity index is 1.55. The van der Waals surface area contributed by atoms with Crippen LogP contribution in [0.2, 0.25) is 0 Å². The number of hydrogen-bond acceptors (Lipinski definition) is 2. The van der Waals surface area contributed by atoms with E-state index in [1.54, 1.807) is 6.07 Å². The summed E-state index contributed by atoms with van der Waals surface area (Å²) in [4.78, 5) is 0. The van der Waals surface area contributed by atoms with Crippen LogP contribution in [0.25, 0.3) is 5.57 Å². The fraction of sp³-hybridized carbons (Fsp3) is 0.484. The van der Waals surface area contributed by atoms with Gasteiger partial charge in [0.15, 0.2) is 0 Å². The Morgan fingerprint density at radius 3 is 2.50 bits per heavy atom. The maximum absolute atomic E-state index is 13.6. The maximum atomic E-state index is 13.6. The minimum Gasteiger partial charge on any atom is -0.393 e. The topological polar surface area (TPSA) is 32.3 Å². The second-order valence-corrected chi connectivity index (χ2v) is 10.7. The molecule has 0 radical (unpaired) electrons. The molecule has 3 aliphatic carbocycles. The van der Waals surface area contributed by atoms with Crippen LogP contribution in [0, 0.1) is 0 Å². The Labute approximate surface area is 212 Å². The molecule has 2 saturated carbocycles. The molecular weight excluding hydrogens is 459 g/mol. The number of aliphatic hydroxyl groups is 1. The summed E-state index contributed by atoms with van der Waals surface area (Å²) in [6.45, 7) is 2.12. The van der Waals surface area contributed by atoms with Crippen LogP contribution in [0.5, 0.6) is 0 Å². The molecule has 2 aromatic carbocycles. The molecule has 2 fully saturated rings. The minimum atomic E-state index is -4.33. The van der Waals surface area contributed by atoms with Gasteiger partial charge in [0, 0.05) is 17.8 Å². The lowest BCUT2D eigenvalue weighted by molar-refractivity contribution is -0.137. The first kappa shape index (κ1) is 25.1. The monoisotopic (exact) mass is 495 g/mol. The van der Waals surface area contributed by atoms with E-state index in [0.717, 1.165) is 92.3 Å². The second-order valence-electron chi connectivity index (χ2n) is 10.7. The summed E-state index contributed by atoms with van der Waals surface area (Å²) >= 11 is 0. The van der Waals surface area contributed by atoms with Crippen LogP contribution in [0.1, 0.15) is 98.4 Å². The molecule has 3 aliphatic rings. The number of alkyl halides is 3. The highest BCUT2D eigenvalue weighted by atomic mass is 19.4. The average molecular weight is 496 g/mol. The van der Waals surface area contributed by atoms with Gasteiger partial charge < -0.3 is 10.4 Å². The first-order valence-electron chi connectivity index (χ1n) is 13.5. The van der Waals surface area contributed by atoms with Crippen LogP contribution in [0.15, 0.2) is 53.7 Å². The summed E-state index contributed by atoms with van der Waals surface area (Å²) < 4.78 is 40.7. The molecule has 0 amide bonds. The molecule has 0 saturated heterocycles. The van der Waals surface area contributed by atoms with E-state index in [1.165, 1.54) is 28.8 Å². The van der Waals surface area contributed by atoms with Gasteiger partial charge in [-0.05, 0) is 115 Å². The van der Waals surface area contributed by atoms with Crippen molar-refractivity contribution in [2.45, 2.75) is 95.8 Å². The number of hydrogen-bond donors (Lipinski definition) is 2. The highest BCUT2D eigenvalue weighted by Gasteiger charge is 2.33. The van der Waals surface area contributed by atoms with E-state index >= 15 is 0 Å². The molecule has 2 N–H and O–H groups in total. The largest absolute Gasteiger partial charge is 0.416 e. The lowest BCUT2D eigenvalue weighted by atomic mass is 9.76. The van der Waals surface area contributed by atoms with Crippen LogP contribution < -0.4 is 5.32 Å². The van der Waals surface area contributed by atoms with Gasteiger partial charge >= 0.3 is 6.18 Å². The van der Waals surface area contributed by atoms with Gasteiger partial charge in [0.2, 0.25) is 0 Å². The summed E-state index contributed by atoms with van der Waals surface area (Å²) in [5.41, 5.74) is 8.36. The van der Waals surface area contributed by atoms with Gasteiger partial charge in [-0.15, -0.1) is 0 Å². The third-order valence-electron chi connectivity index (χ3n) is 8.17. The first-order valence-corrected chi connectivity index (χ1v) is 13.5. The van der Waals surface area contributed by atoms with Gasteiger partial charge in [-0.1, -0.05) is 38.0 Å². The number of anilines is 1. The maximum Gasteiger partial charge on any atom is 0.416 e. The molecule has 36 heavy (non-hydrogen) atoms. The molecule has 0 aliphatic heterocycles. The van der Waals surface area contributed by atoms with Gasteiger partial charge in [-0.2, -0.15) is 13.2 Å². The molecule has 5 heteroatoms. The van der Waals surface area contributed by atoms with Gasteiger partial charge in [0.05, 0.1) is 11.7 Å². The van der Waals surface area contributed by atoms with E-state index in [2.05, 4.69) is 36.5 Å². The molecule has 5 rings (SSSR count). The third kappa shape index (κ3) is 5.27. The lowest BCUT2D eigenvalue weighted by Crippen LogP contribution is -2.20. The quantitative estimate of drug-likeness (QED) is 0.403. The average Bonchev–Trinajstić information content (AvgIpc) is 2.76. The van der Waals surface area contributed by atoms with Crippen molar-refractivity contribution in [1.82, 2.24) is 0 Å². The van der Waals surface area contributed by atoms with Crippen molar-refractivity contribution in [1.29, 1.82) is 0 Å². The van der Waals surface area contributed by atoms with Crippen molar-refractivity contribution >= 4 is 11.3 Å². The minimum absolute atomic E-state index is 0.206. The first-order chi connectivity index (χ1) is 17.3. The van der Waals surface area contributed by atoms with Crippen LogP contribution in [-0.4, -0.2) is 11.2 Å². The van der Waals surface area contributed by atoms with E-state index in [1.807, 2.05) is 0 Å². The lowest BCUT2D eigenvalue weighted by Gasteiger charge is -2.30. The Morgan fingerprint density at radius 2 is 1.86 bits per heavy atom. The number of allylic oxidation sites excluding steroid dienone is 3. The summed E-state index contributed by atoms with van der Waals surface area (Å²) in [7, 11) is 0. The number of fused-ring (bicyclic) bond motifs is 1. The van der Waals surface area contributed by atoms with E-state index in [4.69, 9.17) is 0 Å². The fourth-order valence-electron chi connectivity index (χ4n) is 5.70. The molecule has 0 bridgehead atoms. The van der Waals surface area contributed by atoms with Crippen molar-refractivity contribution < 1.29 is 18.3 Å². The third-order valence-corrected chi connectivity index (χ3v) is 8.17. The Hall–Kier alpha value is -2.53. The van der Waals surface area contributed by atoms with Crippen LogP contribution in [0.4, 0.5) is 18.9 Å². The molecular formula is C31H36F3NO. The zero-order chi connectivity index (χ0) is 25.3. The SMILES string of the molecule is CCC/C(=C\C(Nc1cccc2c1CC(O)CC2)=C1CCC1)c1ccc(C(F)(F)F)cc1C1CCC1. The smallest absolute Gasteiger partial charge is 0.393 e. The van der Waals surface area contributed by atoms with E-state index in [-0.39, 0.29) is 12.0 Å². The number of benzene rings is 2. The Bertz CT molecular complexity index is 1170. The number of halogens is 3. The van der Waals surface area contributed by atoms with Crippen LogP contribution >= 0.6 is 0 Å². The molecule has 1 unspecified atom stereocenters. The predicted octanol–water partition coefficient (Wildman–Crippen LogP) is 8.56. The van der Waals surface area contributed by atoms with Crippen molar-refractivity contribution in [3.63, 3.8) is 0 Å². The number of aliphatic hydroxyl groups excluding tert-OH is 1. The van der Waals surface area contributed by atoms with Gasteiger partial charge in [-0.3, -0.25) is 0 Å². The van der Waals surface area contributed by atoms with E-state index in [9.17, 15) is 18.3 Å². The normalized spacial score (nSPS) is 20.4. The molecule has 192 valence electrons. The zero-order valence-corrected chi connectivity index (χ0v) is 21.1. The standard InChI is InChI=1S/C31H36F3NO/c1-2-6-23(26-16-14-24(31(32,33)34)18-27(26)20-7-3-8-20)17-30(22-10-4-11-22)35-29-12-5-9-21-13-15-25(36)19-28(21)29/h5,9,12,14,16-18,20,25,35-36H,2-4,6-8,10-11,13,15,19H2,1H3/b23-17+. The zero-order valence-electron chi connectivity index (χ0n) is 21.1. The summed E-state index contributed by atoms with van der Waals surface area (Å²) in [5, 5.41) is 14.0. The highest BCUT2D eigenvalue weighted by molar-refractivity contribution is 5.74. The van der Waals surface area contributed by atoms with E-state index < -0.39 is 11.7 Å². The molecule has 2 aromatic rings. The fourth-order valence-corrected chi connectivity index (χ4v) is 5.70. The van der Waals surface area contributed by atoms with Gasteiger partial charge in [0.25, 0.3) is 0 Å². The molecule has 0 aromatic heterocycles. The van der Waals surface area contributed by atoms with Crippen LogP contribution in [0.3, 0.4) is 0 Å². The molecule has 2 nitrogen and oxygen atoms in total. The summed E-state index contributed by atoms with van der Waals surface area (Å²) in [6.07, 6.45) is 7.86. The Kier molecular flexibility index (Phi) is 7.30. The molecule has 1 atom stereocenters. The van der Waals surface area contributed by atoms with Crippen molar-refractivity contribution in [3.8, 4) is 0 Å². The van der Waals surface area contributed by atoms with Gasteiger partial charge in [0.1, 0.15) is 0 Å². The van der Waals surface area contributed by atoms with Crippen molar-refractivity contribution in [3.05, 3.63) is 81.6 Å². The van der Waals surface area contributed by atoms with E-state index in [0.29, 0.717) is 6.42 Å². The number of aryl methyl sites for hydroxylation is 1. The van der Waals surface area contributed by atoms with Gasteiger partial charge in [-0.25, -0.2) is 0 Å².